The largest absolute Gasteiger partial charge is 0.465 e. The van der Waals surface area contributed by atoms with Crippen molar-refractivity contribution in [1.29, 1.82) is 0 Å². The molecule has 0 aromatic carbocycles. The molecule has 1 atom stereocenters. The quantitative estimate of drug-likeness (QED) is 0.879. The van der Waals surface area contributed by atoms with Gasteiger partial charge in [-0.2, -0.15) is 0 Å². The molecule has 1 aliphatic carbocycles. The molecule has 20 heavy (non-hydrogen) atoms. The first-order valence-corrected chi connectivity index (χ1v) is 7.53. The van der Waals surface area contributed by atoms with E-state index in [4.69, 9.17) is 4.74 Å². The zero-order valence-electron chi connectivity index (χ0n) is 11.3. The highest BCUT2D eigenvalue weighted by Crippen LogP contribution is 2.35. The number of thiophene rings is 1. The number of carbonyl (C=O) groups is 1. The molecule has 0 spiro atoms. The number of carbonyl (C=O) groups excluding carboxylic acids is 1. The maximum Gasteiger partial charge on any atom is 0.338 e. The lowest BCUT2D eigenvalue weighted by Crippen LogP contribution is -2.16. The van der Waals surface area contributed by atoms with Gasteiger partial charge in [-0.3, -0.25) is 0 Å². The van der Waals surface area contributed by atoms with Crippen LogP contribution < -0.4 is 5.32 Å². The van der Waals surface area contributed by atoms with Crippen molar-refractivity contribution in [2.45, 2.75) is 25.3 Å². The third kappa shape index (κ3) is 2.54. The van der Waals surface area contributed by atoms with Crippen LogP contribution in [0.1, 0.15) is 39.7 Å². The summed E-state index contributed by atoms with van der Waals surface area (Å²) in [5, 5.41) is 5.57. The van der Waals surface area contributed by atoms with Gasteiger partial charge in [-0.15, -0.1) is 11.3 Å². The summed E-state index contributed by atoms with van der Waals surface area (Å²) in [5.74, 6) is 0.382. The zero-order chi connectivity index (χ0) is 13.9. The number of hydrogen-bond donors (Lipinski definition) is 1. The fourth-order valence-electron chi connectivity index (χ4n) is 2.57. The van der Waals surface area contributed by atoms with Gasteiger partial charge in [-0.25, -0.2) is 9.78 Å². The second-order valence-electron chi connectivity index (χ2n) is 4.81. The number of nitrogens with one attached hydrogen (secondary N) is 1. The van der Waals surface area contributed by atoms with Crippen molar-refractivity contribution in [1.82, 2.24) is 4.98 Å². The van der Waals surface area contributed by atoms with Crippen LogP contribution in [0.2, 0.25) is 0 Å². The lowest BCUT2D eigenvalue weighted by Gasteiger charge is -2.24. The number of methoxy groups -OCH3 is 1. The molecule has 0 fully saturated rings. The van der Waals surface area contributed by atoms with Gasteiger partial charge in [-0.1, -0.05) is 0 Å². The van der Waals surface area contributed by atoms with Crippen molar-refractivity contribution in [2.24, 2.45) is 0 Å². The molecule has 0 bridgehead atoms. The molecule has 104 valence electrons. The van der Waals surface area contributed by atoms with Gasteiger partial charge in [0.2, 0.25) is 0 Å². The third-order valence-electron chi connectivity index (χ3n) is 3.56. The predicted octanol–water partition coefficient (Wildman–Crippen LogP) is 3.42. The molecule has 1 unspecified atom stereocenters. The number of nitrogens with zero attached hydrogens (tertiary/aromatic N) is 1. The maximum absolute atomic E-state index is 11.5. The minimum atomic E-state index is -0.338. The van der Waals surface area contributed by atoms with E-state index in [1.54, 1.807) is 18.3 Å². The summed E-state index contributed by atoms with van der Waals surface area (Å²) in [6.07, 6.45) is 5.07. The average molecular weight is 288 g/mol. The van der Waals surface area contributed by atoms with Gasteiger partial charge < -0.3 is 10.1 Å². The fourth-order valence-corrected chi connectivity index (χ4v) is 3.56. The molecule has 2 heterocycles. The lowest BCUT2D eigenvalue weighted by atomic mass is 9.94. The predicted molar refractivity (Wildman–Crippen MR) is 79.2 cm³/mol. The molecule has 0 saturated heterocycles. The number of aromatic nitrogens is 1. The van der Waals surface area contributed by atoms with Crippen LogP contribution in [0.3, 0.4) is 0 Å². The van der Waals surface area contributed by atoms with Crippen LogP contribution in [0.5, 0.6) is 0 Å². The van der Waals surface area contributed by atoms with E-state index in [9.17, 15) is 4.79 Å². The van der Waals surface area contributed by atoms with E-state index >= 15 is 0 Å². The van der Waals surface area contributed by atoms with Crippen LogP contribution in [0.4, 0.5) is 5.82 Å². The number of ether oxygens (including phenoxy) is 1. The summed E-state index contributed by atoms with van der Waals surface area (Å²) in [7, 11) is 1.38. The van der Waals surface area contributed by atoms with Crippen molar-refractivity contribution in [3.63, 3.8) is 0 Å². The lowest BCUT2D eigenvalue weighted by molar-refractivity contribution is 0.0600. The Morgan fingerprint density at radius 3 is 3.25 bits per heavy atom. The van der Waals surface area contributed by atoms with E-state index in [1.165, 1.54) is 30.4 Å². The summed E-state index contributed by atoms with van der Waals surface area (Å²) >= 11 is 1.82. The van der Waals surface area contributed by atoms with Gasteiger partial charge in [-0.05, 0) is 48.4 Å². The van der Waals surface area contributed by atoms with Crippen molar-refractivity contribution in [2.75, 3.05) is 12.4 Å². The van der Waals surface area contributed by atoms with Gasteiger partial charge in [0.25, 0.3) is 0 Å². The molecule has 5 heteroatoms. The molecule has 2 aromatic rings. The van der Waals surface area contributed by atoms with Crippen molar-refractivity contribution in [3.8, 4) is 0 Å². The molecule has 3 rings (SSSR count). The number of aryl methyl sites for hydroxylation is 1. The number of hydrogen-bond acceptors (Lipinski definition) is 5. The van der Waals surface area contributed by atoms with Gasteiger partial charge in [0, 0.05) is 11.1 Å². The van der Waals surface area contributed by atoms with E-state index < -0.39 is 0 Å². The smallest absolute Gasteiger partial charge is 0.338 e. The highest BCUT2D eigenvalue weighted by molar-refractivity contribution is 7.10. The Balaban J connectivity index is 1.81. The van der Waals surface area contributed by atoms with Crippen molar-refractivity contribution in [3.05, 3.63) is 45.8 Å². The fraction of sp³-hybridized carbons (Fsp3) is 0.333. The number of anilines is 1. The van der Waals surface area contributed by atoms with Gasteiger partial charge >= 0.3 is 5.97 Å². The normalized spacial score (nSPS) is 17.4. The highest BCUT2D eigenvalue weighted by Gasteiger charge is 2.21. The number of rotatable bonds is 3. The van der Waals surface area contributed by atoms with Crippen LogP contribution in [0.25, 0.3) is 0 Å². The van der Waals surface area contributed by atoms with Crippen LogP contribution in [0.15, 0.2) is 29.8 Å². The Labute approximate surface area is 121 Å². The van der Waals surface area contributed by atoms with E-state index in [0.717, 1.165) is 12.2 Å². The minimum Gasteiger partial charge on any atom is -0.465 e. The molecule has 0 radical (unpaired) electrons. The summed E-state index contributed by atoms with van der Waals surface area (Å²) in [4.78, 5) is 17.3. The zero-order valence-corrected chi connectivity index (χ0v) is 12.1. The van der Waals surface area contributed by atoms with E-state index in [0.29, 0.717) is 5.56 Å². The Morgan fingerprint density at radius 1 is 1.50 bits per heavy atom. The molecule has 1 aliphatic rings. The first-order chi connectivity index (χ1) is 9.78. The minimum absolute atomic E-state index is 0.283. The first kappa shape index (κ1) is 13.1. The summed E-state index contributed by atoms with van der Waals surface area (Å²) in [5.41, 5.74) is 1.89. The molecule has 4 nitrogen and oxygen atoms in total. The van der Waals surface area contributed by atoms with Crippen LogP contribution in [0, 0.1) is 0 Å². The van der Waals surface area contributed by atoms with Crippen LogP contribution >= 0.6 is 11.3 Å². The van der Waals surface area contributed by atoms with Gasteiger partial charge in [0.1, 0.15) is 5.82 Å². The third-order valence-corrected chi connectivity index (χ3v) is 4.55. The molecular weight excluding hydrogens is 272 g/mol. The van der Waals surface area contributed by atoms with Gasteiger partial charge in [0.05, 0.1) is 18.7 Å². The Hall–Kier alpha value is -1.88. The van der Waals surface area contributed by atoms with Crippen molar-refractivity contribution >= 4 is 23.1 Å². The van der Waals surface area contributed by atoms with Crippen LogP contribution in [-0.2, 0) is 11.2 Å². The second kappa shape index (κ2) is 5.63. The summed E-state index contributed by atoms with van der Waals surface area (Å²) in [6.45, 7) is 0. The Kier molecular flexibility index (Phi) is 3.69. The topological polar surface area (TPSA) is 51.2 Å². The first-order valence-electron chi connectivity index (χ1n) is 6.65. The number of fused-ring (bicyclic) bond motifs is 1. The van der Waals surface area contributed by atoms with Crippen LogP contribution in [-0.4, -0.2) is 18.1 Å². The SMILES string of the molecule is COC(=O)c1ccnc(NC2CCCc3sccc32)c1. The highest BCUT2D eigenvalue weighted by atomic mass is 32.1. The Morgan fingerprint density at radius 2 is 2.40 bits per heavy atom. The Bertz CT molecular complexity index is 624. The van der Waals surface area contributed by atoms with E-state index in [-0.39, 0.29) is 12.0 Å². The standard InChI is InChI=1S/C15H16N2O2S/c1-19-15(18)10-5-7-16-14(9-10)17-12-3-2-4-13-11(12)6-8-20-13/h5-9,12H,2-4H2,1H3,(H,16,17). The maximum atomic E-state index is 11.5. The molecule has 0 saturated carbocycles. The number of esters is 1. The second-order valence-corrected chi connectivity index (χ2v) is 5.81. The molecular formula is C15H16N2O2S. The van der Waals surface area contributed by atoms with E-state index in [2.05, 4.69) is 21.7 Å². The number of pyridine rings is 1. The van der Waals surface area contributed by atoms with Gasteiger partial charge in [0.15, 0.2) is 0 Å². The summed E-state index contributed by atoms with van der Waals surface area (Å²) < 4.78 is 4.73. The molecule has 0 aliphatic heterocycles. The molecule has 1 N–H and O–H groups in total. The molecule has 2 aromatic heterocycles. The molecule has 0 amide bonds. The summed E-state index contributed by atoms with van der Waals surface area (Å²) in [6, 6.07) is 5.87. The average Bonchev–Trinajstić information content (AvgIpc) is 2.96. The monoisotopic (exact) mass is 288 g/mol. The van der Waals surface area contributed by atoms with E-state index in [1.807, 2.05) is 11.3 Å². The van der Waals surface area contributed by atoms with Crippen molar-refractivity contribution < 1.29 is 9.53 Å².